The monoisotopic (exact) mass is 456 g/mol. The molecule has 32 heavy (non-hydrogen) atoms. The second-order valence-corrected chi connectivity index (χ2v) is 8.17. The Hall–Kier alpha value is -3.73. The van der Waals surface area contributed by atoms with Crippen LogP contribution < -0.4 is 5.43 Å². The summed E-state index contributed by atoms with van der Waals surface area (Å²) in [6.07, 6.45) is 4.58. The number of phenols is 1. The van der Waals surface area contributed by atoms with Gasteiger partial charge >= 0.3 is 5.69 Å². The Kier molecular flexibility index (Phi) is 6.17. The van der Waals surface area contributed by atoms with Gasteiger partial charge in [-0.1, -0.05) is 11.2 Å². The molecule has 10 nitrogen and oxygen atoms in total. The number of hydrogen-bond donors (Lipinski definition) is 2. The molecule has 166 valence electrons. The molecular weight excluding hydrogens is 436 g/mol. The van der Waals surface area contributed by atoms with E-state index < -0.39 is 22.3 Å². The van der Waals surface area contributed by atoms with Crippen LogP contribution in [-0.4, -0.2) is 34.5 Å². The van der Waals surface area contributed by atoms with Crippen LogP contribution in [0.2, 0.25) is 0 Å². The van der Waals surface area contributed by atoms with Crippen LogP contribution in [0.3, 0.4) is 0 Å². The number of benzene rings is 1. The molecule has 1 aliphatic rings. The lowest BCUT2D eigenvalue weighted by atomic mass is 9.93. The van der Waals surface area contributed by atoms with Crippen LogP contribution in [0.15, 0.2) is 38.3 Å². The minimum Gasteiger partial charge on any atom is -0.502 e. The Morgan fingerprint density at radius 2 is 2.25 bits per heavy atom. The molecule has 0 aliphatic heterocycles. The molecule has 2 aromatic heterocycles. The summed E-state index contributed by atoms with van der Waals surface area (Å²) in [5.41, 5.74) is 3.79. The molecule has 2 N–H and O–H groups in total. The molecule has 0 spiro atoms. The first-order chi connectivity index (χ1) is 15.5. The van der Waals surface area contributed by atoms with Crippen LogP contribution in [-0.2, 0) is 22.5 Å². The standard InChI is InChI=1S/C21H20N4O6S/c1-12(18-7-4-8-32-18)24-30-11-19(26)23-22-10-14-20-13-5-2-3-6-16(13)31-17(20)9-15(21(14)27)25(28)29/h4,7-10,27H,2-3,5-6,11H2,1H3,(H,23,26)/b22-10+,24-12-. The van der Waals surface area contributed by atoms with E-state index in [-0.39, 0.29) is 12.2 Å². The average Bonchev–Trinajstić information content (AvgIpc) is 3.42. The fraction of sp³-hybridized carbons (Fsp3) is 0.286. The SMILES string of the molecule is C/C(=N/OCC(=O)N/N=C/c1c(O)c([N+](=O)[O-])cc2oc3c(c12)CCCC3)c1cccs1. The van der Waals surface area contributed by atoms with E-state index in [0.29, 0.717) is 16.7 Å². The van der Waals surface area contributed by atoms with Crippen molar-refractivity contribution in [1.29, 1.82) is 0 Å². The van der Waals surface area contributed by atoms with Crippen LogP contribution >= 0.6 is 11.3 Å². The number of amides is 1. The molecule has 3 aromatic rings. The normalized spacial score (nSPS) is 14.0. The van der Waals surface area contributed by atoms with Crippen molar-refractivity contribution in [2.24, 2.45) is 10.3 Å². The largest absolute Gasteiger partial charge is 0.502 e. The van der Waals surface area contributed by atoms with Gasteiger partial charge in [0.1, 0.15) is 11.3 Å². The first kappa shape index (κ1) is 21.5. The summed E-state index contributed by atoms with van der Waals surface area (Å²) in [6.45, 7) is 1.40. The number of phenolic OH excluding ortho intramolecular Hbond substituents is 1. The molecule has 1 aromatic carbocycles. The molecule has 0 bridgehead atoms. The van der Waals surface area contributed by atoms with Crippen LogP contribution in [0.5, 0.6) is 5.75 Å². The summed E-state index contributed by atoms with van der Waals surface area (Å²) in [7, 11) is 0. The van der Waals surface area contributed by atoms with Crippen LogP contribution in [0, 0.1) is 10.1 Å². The third kappa shape index (κ3) is 4.33. The lowest BCUT2D eigenvalue weighted by molar-refractivity contribution is -0.385. The Bertz CT molecular complexity index is 1230. The topological polar surface area (TPSA) is 140 Å². The fourth-order valence-corrected chi connectivity index (χ4v) is 4.28. The quantitative estimate of drug-likeness (QED) is 0.314. The zero-order chi connectivity index (χ0) is 22.7. The van der Waals surface area contributed by atoms with E-state index in [9.17, 15) is 20.0 Å². The predicted molar refractivity (Wildman–Crippen MR) is 119 cm³/mol. The maximum absolute atomic E-state index is 12.0. The van der Waals surface area contributed by atoms with E-state index in [1.165, 1.54) is 23.6 Å². The van der Waals surface area contributed by atoms with Crippen LogP contribution in [0.1, 0.15) is 41.5 Å². The van der Waals surface area contributed by atoms with Crippen LogP contribution in [0.4, 0.5) is 5.69 Å². The molecule has 0 atom stereocenters. The molecule has 11 heteroatoms. The molecule has 0 unspecified atom stereocenters. The zero-order valence-electron chi connectivity index (χ0n) is 17.2. The third-order valence-electron chi connectivity index (χ3n) is 5.09. The first-order valence-electron chi connectivity index (χ1n) is 9.92. The number of hydrogen-bond acceptors (Lipinski definition) is 9. The highest BCUT2D eigenvalue weighted by Gasteiger charge is 2.27. The number of thiophene rings is 1. The molecule has 2 heterocycles. The Morgan fingerprint density at radius 1 is 1.44 bits per heavy atom. The van der Waals surface area contributed by atoms with Gasteiger partial charge in [-0.15, -0.1) is 11.3 Å². The van der Waals surface area contributed by atoms with Crippen molar-refractivity contribution in [3.63, 3.8) is 0 Å². The molecule has 4 rings (SSSR count). The number of nitrogens with one attached hydrogen (secondary N) is 1. The number of fused-ring (bicyclic) bond motifs is 3. The second-order valence-electron chi connectivity index (χ2n) is 7.22. The lowest BCUT2D eigenvalue weighted by Crippen LogP contribution is -2.22. The summed E-state index contributed by atoms with van der Waals surface area (Å²) in [5, 5.41) is 32.1. The van der Waals surface area contributed by atoms with Crippen molar-refractivity contribution in [1.82, 2.24) is 5.43 Å². The van der Waals surface area contributed by atoms with E-state index in [2.05, 4.69) is 15.7 Å². The van der Waals surface area contributed by atoms with Gasteiger partial charge in [-0.3, -0.25) is 14.9 Å². The van der Waals surface area contributed by atoms with Gasteiger partial charge in [0.25, 0.3) is 5.91 Å². The summed E-state index contributed by atoms with van der Waals surface area (Å²) < 4.78 is 5.81. The van der Waals surface area contributed by atoms with Crippen molar-refractivity contribution in [3.8, 4) is 5.75 Å². The Balaban J connectivity index is 1.52. The minimum atomic E-state index is -0.687. The van der Waals surface area contributed by atoms with Gasteiger partial charge in [0.2, 0.25) is 5.75 Å². The van der Waals surface area contributed by atoms with E-state index in [1.807, 2.05) is 17.5 Å². The van der Waals surface area contributed by atoms with Crippen molar-refractivity contribution in [2.75, 3.05) is 6.61 Å². The number of aryl methyl sites for hydroxylation is 2. The van der Waals surface area contributed by atoms with Gasteiger partial charge in [-0.2, -0.15) is 5.10 Å². The number of carbonyl (C=O) groups is 1. The van der Waals surface area contributed by atoms with Crippen molar-refractivity contribution >= 4 is 45.8 Å². The van der Waals surface area contributed by atoms with E-state index >= 15 is 0 Å². The van der Waals surface area contributed by atoms with Gasteiger partial charge in [-0.25, -0.2) is 5.43 Å². The highest BCUT2D eigenvalue weighted by Crippen LogP contribution is 2.41. The summed E-state index contributed by atoms with van der Waals surface area (Å²) in [6, 6.07) is 5.00. The van der Waals surface area contributed by atoms with Gasteiger partial charge in [0.05, 0.1) is 33.4 Å². The predicted octanol–water partition coefficient (Wildman–Crippen LogP) is 3.88. The van der Waals surface area contributed by atoms with Crippen LogP contribution in [0.25, 0.3) is 11.0 Å². The maximum Gasteiger partial charge on any atom is 0.315 e. The average molecular weight is 456 g/mol. The van der Waals surface area contributed by atoms with Crippen molar-refractivity contribution in [2.45, 2.75) is 32.6 Å². The first-order valence-corrected chi connectivity index (χ1v) is 10.8. The molecule has 1 amide bonds. The summed E-state index contributed by atoms with van der Waals surface area (Å²) >= 11 is 1.50. The minimum absolute atomic E-state index is 0.133. The van der Waals surface area contributed by atoms with Gasteiger partial charge < -0.3 is 14.4 Å². The molecule has 0 radical (unpaired) electrons. The third-order valence-corrected chi connectivity index (χ3v) is 6.07. The molecule has 0 saturated carbocycles. The highest BCUT2D eigenvalue weighted by molar-refractivity contribution is 7.12. The molecule has 0 saturated heterocycles. The number of furan rings is 1. The van der Waals surface area contributed by atoms with Gasteiger partial charge in [-0.05, 0) is 37.6 Å². The molecule has 0 fully saturated rings. The lowest BCUT2D eigenvalue weighted by Gasteiger charge is -2.10. The number of nitrogens with zero attached hydrogens (tertiary/aromatic N) is 3. The number of oxime groups is 1. The van der Waals surface area contributed by atoms with E-state index in [0.717, 1.165) is 41.9 Å². The van der Waals surface area contributed by atoms with E-state index in [1.54, 1.807) is 6.92 Å². The number of carbonyl (C=O) groups excluding carboxylic acids is 1. The zero-order valence-corrected chi connectivity index (χ0v) is 18.0. The maximum atomic E-state index is 12.0. The molecule has 1 aliphatic carbocycles. The number of hydrazone groups is 1. The van der Waals surface area contributed by atoms with E-state index in [4.69, 9.17) is 9.25 Å². The van der Waals surface area contributed by atoms with Gasteiger partial charge in [0.15, 0.2) is 6.61 Å². The van der Waals surface area contributed by atoms with Gasteiger partial charge in [0, 0.05) is 17.4 Å². The summed E-state index contributed by atoms with van der Waals surface area (Å²) in [5.74, 6) is -0.335. The van der Waals surface area contributed by atoms with Crippen molar-refractivity contribution < 1.29 is 24.1 Å². The number of nitro benzene ring substituents is 1. The number of aromatic hydroxyl groups is 1. The fourth-order valence-electron chi connectivity index (χ4n) is 3.62. The number of nitro groups is 1. The molecular formula is C21H20N4O6S. The Morgan fingerprint density at radius 3 is 3.00 bits per heavy atom. The van der Waals surface area contributed by atoms with Crippen molar-refractivity contribution in [3.05, 3.63) is 55.5 Å². The Labute approximate surface area is 186 Å². The smallest absolute Gasteiger partial charge is 0.315 e. The second kappa shape index (κ2) is 9.18. The highest BCUT2D eigenvalue weighted by atomic mass is 32.1. The summed E-state index contributed by atoms with van der Waals surface area (Å²) in [4.78, 5) is 28.7. The number of rotatable bonds is 7.